The normalized spacial score (nSPS) is 16.2. The van der Waals surface area contributed by atoms with Crippen LogP contribution in [0.4, 0.5) is 0 Å². The second-order valence-electron chi connectivity index (χ2n) is 11.1. The Bertz CT molecular complexity index is 500. The van der Waals surface area contributed by atoms with Crippen LogP contribution in [0.5, 0.6) is 5.75 Å². The van der Waals surface area contributed by atoms with Gasteiger partial charge in [-0.2, -0.15) is 0 Å². The predicted octanol–water partition coefficient (Wildman–Crippen LogP) is 7.91. The number of aryl methyl sites for hydroxylation is 1. The van der Waals surface area contributed by atoms with E-state index in [-0.39, 0.29) is 0 Å². The summed E-state index contributed by atoms with van der Waals surface area (Å²) in [6.07, 6.45) is 5.11. The van der Waals surface area contributed by atoms with Crippen LogP contribution >= 0.6 is 0 Å². The molecule has 0 spiro atoms. The lowest BCUT2D eigenvalue weighted by Crippen LogP contribution is -2.25. The summed E-state index contributed by atoms with van der Waals surface area (Å²) >= 11 is 0. The topological polar surface area (TPSA) is 9.23 Å². The third-order valence-corrected chi connectivity index (χ3v) is 5.22. The van der Waals surface area contributed by atoms with Crippen molar-refractivity contribution in [3.8, 4) is 5.75 Å². The van der Waals surface area contributed by atoms with Crippen LogP contribution in [0.25, 0.3) is 0 Å². The zero-order chi connectivity index (χ0) is 20.0. The van der Waals surface area contributed by atoms with Crippen molar-refractivity contribution in [3.05, 3.63) is 29.8 Å². The van der Waals surface area contributed by atoms with E-state index in [1.54, 1.807) is 0 Å². The minimum Gasteiger partial charge on any atom is -0.493 e. The van der Waals surface area contributed by atoms with E-state index < -0.39 is 0 Å². The van der Waals surface area contributed by atoms with Gasteiger partial charge >= 0.3 is 0 Å². The summed E-state index contributed by atoms with van der Waals surface area (Å²) in [5.41, 5.74) is 2.08. The van der Waals surface area contributed by atoms with E-state index in [9.17, 15) is 0 Å². The molecule has 0 aliphatic rings. The summed E-state index contributed by atoms with van der Waals surface area (Å²) in [6, 6.07) is 8.47. The molecule has 0 saturated carbocycles. The van der Waals surface area contributed by atoms with E-state index in [2.05, 4.69) is 86.6 Å². The Kier molecular flexibility index (Phi) is 8.70. The van der Waals surface area contributed by atoms with Crippen LogP contribution in [0, 0.1) is 35.5 Å². The van der Waals surface area contributed by atoms with Crippen molar-refractivity contribution in [2.75, 3.05) is 6.61 Å². The zero-order valence-corrected chi connectivity index (χ0v) is 19.0. The van der Waals surface area contributed by atoms with Crippen LogP contribution in [0.3, 0.4) is 0 Å². The minimum atomic E-state index is 0.374. The number of benzene rings is 1. The van der Waals surface area contributed by atoms with Crippen LogP contribution in [0.1, 0.15) is 86.6 Å². The summed E-state index contributed by atoms with van der Waals surface area (Å²) in [5, 5.41) is 0. The summed E-state index contributed by atoms with van der Waals surface area (Å²) in [6.45, 7) is 21.9. The molecule has 0 N–H and O–H groups in total. The van der Waals surface area contributed by atoms with Crippen molar-refractivity contribution in [1.29, 1.82) is 0 Å². The summed E-state index contributed by atoms with van der Waals surface area (Å²) in [5.74, 6) is 3.09. The van der Waals surface area contributed by atoms with Gasteiger partial charge in [0.05, 0.1) is 6.61 Å². The molecule has 0 aliphatic carbocycles. The standard InChI is InChI=1S/C25H44O/c1-19-11-14-23(15-12-19)26-18-22(21(3)17-25(7,8)9)13-10-20(2)16-24(4,5)6/h11-12,14-15,20-22H,10,13,16-18H2,1-9H3. The van der Waals surface area contributed by atoms with Crippen molar-refractivity contribution in [3.63, 3.8) is 0 Å². The number of hydrogen-bond acceptors (Lipinski definition) is 1. The highest BCUT2D eigenvalue weighted by atomic mass is 16.5. The van der Waals surface area contributed by atoms with Crippen LogP contribution in [0.15, 0.2) is 24.3 Å². The van der Waals surface area contributed by atoms with Crippen molar-refractivity contribution in [2.45, 2.75) is 88.0 Å². The molecule has 0 saturated heterocycles. The maximum absolute atomic E-state index is 6.19. The van der Waals surface area contributed by atoms with E-state index in [1.165, 1.54) is 31.2 Å². The molecule has 3 atom stereocenters. The molecule has 0 radical (unpaired) electrons. The molecule has 0 aliphatic heterocycles. The Morgan fingerprint density at radius 3 is 1.85 bits per heavy atom. The van der Waals surface area contributed by atoms with Gasteiger partial charge in [0.25, 0.3) is 0 Å². The minimum absolute atomic E-state index is 0.374. The molecule has 3 unspecified atom stereocenters. The SMILES string of the molecule is Cc1ccc(OCC(CCC(C)CC(C)(C)C)C(C)CC(C)(C)C)cc1. The first-order valence-corrected chi connectivity index (χ1v) is 10.6. The molecular weight excluding hydrogens is 316 g/mol. The molecule has 26 heavy (non-hydrogen) atoms. The van der Waals surface area contributed by atoms with Gasteiger partial charge in [0.2, 0.25) is 0 Å². The maximum atomic E-state index is 6.19. The average molecular weight is 361 g/mol. The van der Waals surface area contributed by atoms with Gasteiger partial charge in [0, 0.05) is 0 Å². The first-order chi connectivity index (χ1) is 11.9. The lowest BCUT2D eigenvalue weighted by Gasteiger charge is -2.31. The monoisotopic (exact) mass is 360 g/mol. The van der Waals surface area contributed by atoms with Crippen LogP contribution in [0.2, 0.25) is 0 Å². The van der Waals surface area contributed by atoms with E-state index in [0.717, 1.165) is 18.3 Å². The van der Waals surface area contributed by atoms with Gasteiger partial charge < -0.3 is 4.74 Å². The van der Waals surface area contributed by atoms with Gasteiger partial charge in [-0.05, 0) is 66.9 Å². The van der Waals surface area contributed by atoms with Gasteiger partial charge in [-0.25, -0.2) is 0 Å². The van der Waals surface area contributed by atoms with E-state index >= 15 is 0 Å². The fraction of sp³-hybridized carbons (Fsp3) is 0.760. The zero-order valence-electron chi connectivity index (χ0n) is 19.0. The fourth-order valence-corrected chi connectivity index (χ4v) is 4.15. The molecule has 1 aromatic rings. The molecule has 1 aromatic carbocycles. The Morgan fingerprint density at radius 2 is 1.35 bits per heavy atom. The first-order valence-electron chi connectivity index (χ1n) is 10.6. The van der Waals surface area contributed by atoms with Crippen LogP contribution in [-0.4, -0.2) is 6.61 Å². The summed E-state index contributed by atoms with van der Waals surface area (Å²) < 4.78 is 6.19. The highest BCUT2D eigenvalue weighted by Crippen LogP contribution is 2.34. The lowest BCUT2D eigenvalue weighted by molar-refractivity contribution is 0.147. The molecule has 1 rings (SSSR count). The first kappa shape index (κ1) is 23.1. The van der Waals surface area contributed by atoms with E-state index in [4.69, 9.17) is 4.74 Å². The second-order valence-corrected chi connectivity index (χ2v) is 11.1. The molecular formula is C25H44O. The fourth-order valence-electron chi connectivity index (χ4n) is 4.15. The van der Waals surface area contributed by atoms with Gasteiger partial charge in [0.1, 0.15) is 5.75 Å². The summed E-state index contributed by atoms with van der Waals surface area (Å²) in [4.78, 5) is 0. The van der Waals surface area contributed by atoms with E-state index in [0.29, 0.717) is 22.7 Å². The quantitative estimate of drug-likeness (QED) is 0.434. The Labute approximate surface area is 163 Å². The molecule has 0 fully saturated rings. The van der Waals surface area contributed by atoms with Crippen LogP contribution in [-0.2, 0) is 0 Å². The van der Waals surface area contributed by atoms with Gasteiger partial charge in [0.15, 0.2) is 0 Å². The molecule has 0 bridgehead atoms. The Morgan fingerprint density at radius 1 is 0.808 bits per heavy atom. The molecule has 1 heteroatoms. The van der Waals surface area contributed by atoms with Gasteiger partial charge in [-0.3, -0.25) is 0 Å². The Balaban J connectivity index is 2.67. The Hall–Kier alpha value is -0.980. The average Bonchev–Trinajstić information content (AvgIpc) is 2.45. The second kappa shape index (κ2) is 9.81. The van der Waals surface area contributed by atoms with Gasteiger partial charge in [-0.15, -0.1) is 0 Å². The molecule has 1 nitrogen and oxygen atoms in total. The smallest absolute Gasteiger partial charge is 0.119 e. The van der Waals surface area contributed by atoms with Crippen molar-refractivity contribution >= 4 is 0 Å². The number of ether oxygens (including phenoxy) is 1. The third-order valence-electron chi connectivity index (χ3n) is 5.22. The van der Waals surface area contributed by atoms with Crippen molar-refractivity contribution in [2.24, 2.45) is 28.6 Å². The highest BCUT2D eigenvalue weighted by molar-refractivity contribution is 5.26. The maximum Gasteiger partial charge on any atom is 0.119 e. The van der Waals surface area contributed by atoms with Crippen LogP contribution < -0.4 is 4.74 Å². The van der Waals surface area contributed by atoms with Crippen molar-refractivity contribution in [1.82, 2.24) is 0 Å². The highest BCUT2D eigenvalue weighted by Gasteiger charge is 2.25. The molecule has 0 amide bonds. The third kappa shape index (κ3) is 10.2. The molecule has 0 heterocycles. The predicted molar refractivity (Wildman–Crippen MR) is 116 cm³/mol. The van der Waals surface area contributed by atoms with E-state index in [1.807, 2.05) is 0 Å². The number of rotatable bonds is 9. The molecule has 0 aromatic heterocycles. The number of hydrogen-bond donors (Lipinski definition) is 0. The largest absolute Gasteiger partial charge is 0.493 e. The van der Waals surface area contributed by atoms with Gasteiger partial charge in [-0.1, -0.05) is 79.5 Å². The lowest BCUT2D eigenvalue weighted by atomic mass is 9.76. The van der Waals surface area contributed by atoms with Crippen molar-refractivity contribution < 1.29 is 4.74 Å². The summed E-state index contributed by atoms with van der Waals surface area (Å²) in [7, 11) is 0. The molecule has 150 valence electrons.